The third-order valence-corrected chi connectivity index (χ3v) is 4.20. The summed E-state index contributed by atoms with van der Waals surface area (Å²) in [5.41, 5.74) is 9.54. The quantitative estimate of drug-likeness (QED) is 0.911. The smallest absolute Gasteiger partial charge is 0.160 e. The summed E-state index contributed by atoms with van der Waals surface area (Å²) in [5, 5.41) is 0. The first-order chi connectivity index (χ1) is 9.92. The fourth-order valence-electron chi connectivity index (χ4n) is 2.26. The first kappa shape index (κ1) is 16.0. The van der Waals surface area contributed by atoms with Gasteiger partial charge in [-0.25, -0.2) is 14.4 Å². The van der Waals surface area contributed by atoms with Crippen LogP contribution in [-0.4, -0.2) is 16.5 Å². The summed E-state index contributed by atoms with van der Waals surface area (Å²) in [6.45, 7) is 6.72. The summed E-state index contributed by atoms with van der Waals surface area (Å²) in [6.07, 6.45) is 0.874. The highest BCUT2D eigenvalue weighted by Crippen LogP contribution is 2.28. The molecule has 0 saturated heterocycles. The van der Waals surface area contributed by atoms with Crippen molar-refractivity contribution >= 4 is 15.9 Å². The van der Waals surface area contributed by atoms with Crippen molar-refractivity contribution in [2.75, 3.05) is 6.54 Å². The molecule has 1 unspecified atom stereocenters. The Morgan fingerprint density at radius 1 is 1.24 bits per heavy atom. The molecule has 5 heteroatoms. The van der Waals surface area contributed by atoms with Crippen LogP contribution in [0.15, 0.2) is 22.7 Å². The van der Waals surface area contributed by atoms with E-state index in [0.717, 1.165) is 28.9 Å². The SMILES string of the molecule is Cc1nc(-c2ccc(F)cc2Br)nc(C)c1CC(C)CN. The second-order valence-corrected chi connectivity index (χ2v) is 6.22. The average molecular weight is 352 g/mol. The number of aryl methyl sites for hydroxylation is 2. The van der Waals surface area contributed by atoms with E-state index < -0.39 is 0 Å². The van der Waals surface area contributed by atoms with E-state index in [2.05, 4.69) is 32.8 Å². The van der Waals surface area contributed by atoms with Gasteiger partial charge < -0.3 is 5.73 Å². The Labute approximate surface area is 132 Å². The average Bonchev–Trinajstić information content (AvgIpc) is 2.42. The highest BCUT2D eigenvalue weighted by Gasteiger charge is 2.14. The summed E-state index contributed by atoms with van der Waals surface area (Å²) in [5.74, 6) is 0.725. The van der Waals surface area contributed by atoms with Crippen LogP contribution in [0.25, 0.3) is 11.4 Å². The predicted molar refractivity (Wildman–Crippen MR) is 86.5 cm³/mol. The normalized spacial score (nSPS) is 12.5. The maximum atomic E-state index is 13.2. The Kier molecular flexibility index (Phi) is 5.06. The summed E-state index contributed by atoms with van der Waals surface area (Å²) >= 11 is 3.37. The number of aromatic nitrogens is 2. The third-order valence-electron chi connectivity index (χ3n) is 3.55. The van der Waals surface area contributed by atoms with Crippen molar-refractivity contribution in [1.82, 2.24) is 9.97 Å². The van der Waals surface area contributed by atoms with E-state index in [-0.39, 0.29) is 5.82 Å². The van der Waals surface area contributed by atoms with Crippen LogP contribution in [0.5, 0.6) is 0 Å². The molecule has 0 saturated carbocycles. The van der Waals surface area contributed by atoms with Crippen molar-refractivity contribution in [3.8, 4) is 11.4 Å². The van der Waals surface area contributed by atoms with Gasteiger partial charge in [0, 0.05) is 21.4 Å². The minimum Gasteiger partial charge on any atom is -0.330 e. The van der Waals surface area contributed by atoms with Crippen molar-refractivity contribution in [3.05, 3.63) is 45.4 Å². The largest absolute Gasteiger partial charge is 0.330 e. The Balaban J connectivity index is 2.44. The number of hydrogen-bond acceptors (Lipinski definition) is 3. The molecule has 2 N–H and O–H groups in total. The van der Waals surface area contributed by atoms with E-state index in [1.54, 1.807) is 6.07 Å². The van der Waals surface area contributed by atoms with E-state index in [4.69, 9.17) is 5.73 Å². The van der Waals surface area contributed by atoms with Gasteiger partial charge in [0.25, 0.3) is 0 Å². The number of benzene rings is 1. The molecule has 1 aromatic carbocycles. The van der Waals surface area contributed by atoms with Gasteiger partial charge in [0.2, 0.25) is 0 Å². The highest BCUT2D eigenvalue weighted by molar-refractivity contribution is 9.10. The molecule has 2 aromatic rings. The van der Waals surface area contributed by atoms with Gasteiger partial charge in [-0.15, -0.1) is 0 Å². The van der Waals surface area contributed by atoms with Crippen LogP contribution in [0.2, 0.25) is 0 Å². The van der Waals surface area contributed by atoms with Gasteiger partial charge in [0.05, 0.1) is 0 Å². The predicted octanol–water partition coefficient (Wildman–Crippen LogP) is 3.80. The molecule has 1 heterocycles. The van der Waals surface area contributed by atoms with E-state index in [1.807, 2.05) is 13.8 Å². The summed E-state index contributed by atoms with van der Waals surface area (Å²) < 4.78 is 13.8. The van der Waals surface area contributed by atoms with Crippen LogP contribution in [0.4, 0.5) is 4.39 Å². The van der Waals surface area contributed by atoms with Gasteiger partial charge in [-0.3, -0.25) is 0 Å². The summed E-state index contributed by atoms with van der Waals surface area (Å²) in [6, 6.07) is 4.53. The summed E-state index contributed by atoms with van der Waals surface area (Å²) in [7, 11) is 0. The molecular formula is C16H19BrFN3. The van der Waals surface area contributed by atoms with Crippen molar-refractivity contribution in [2.45, 2.75) is 27.2 Å². The van der Waals surface area contributed by atoms with Gasteiger partial charge in [-0.1, -0.05) is 6.92 Å². The molecule has 0 bridgehead atoms. The van der Waals surface area contributed by atoms with Gasteiger partial charge >= 0.3 is 0 Å². The molecule has 2 rings (SSSR count). The molecule has 1 aromatic heterocycles. The fraction of sp³-hybridized carbons (Fsp3) is 0.375. The monoisotopic (exact) mass is 351 g/mol. The maximum absolute atomic E-state index is 13.2. The van der Waals surface area contributed by atoms with Gasteiger partial charge in [-0.2, -0.15) is 0 Å². The third kappa shape index (κ3) is 3.66. The second kappa shape index (κ2) is 6.62. The number of halogens is 2. The van der Waals surface area contributed by atoms with E-state index in [1.165, 1.54) is 12.1 Å². The summed E-state index contributed by atoms with van der Waals surface area (Å²) in [4.78, 5) is 9.16. The standard InChI is InChI=1S/C16H19BrFN3/c1-9(8-19)6-14-10(2)20-16(21-11(14)3)13-5-4-12(18)7-15(13)17/h4-5,7,9H,6,8,19H2,1-3H3. The molecule has 0 spiro atoms. The van der Waals surface area contributed by atoms with Crippen molar-refractivity contribution in [3.63, 3.8) is 0 Å². The van der Waals surface area contributed by atoms with Crippen molar-refractivity contribution < 1.29 is 4.39 Å². The molecule has 112 valence electrons. The molecule has 0 amide bonds. The topological polar surface area (TPSA) is 51.8 Å². The minimum atomic E-state index is -0.285. The lowest BCUT2D eigenvalue weighted by molar-refractivity contribution is 0.586. The number of rotatable bonds is 4. The molecule has 0 fully saturated rings. The van der Waals surface area contributed by atoms with Crippen LogP contribution < -0.4 is 5.73 Å². The van der Waals surface area contributed by atoms with E-state index in [0.29, 0.717) is 22.8 Å². The van der Waals surface area contributed by atoms with Gasteiger partial charge in [0.1, 0.15) is 5.82 Å². The second-order valence-electron chi connectivity index (χ2n) is 5.37. The Morgan fingerprint density at radius 3 is 2.38 bits per heavy atom. The molecule has 0 aliphatic carbocycles. The Hall–Kier alpha value is -1.33. The van der Waals surface area contributed by atoms with E-state index in [9.17, 15) is 4.39 Å². The number of nitrogens with zero attached hydrogens (tertiary/aromatic N) is 2. The first-order valence-electron chi connectivity index (χ1n) is 6.92. The van der Waals surface area contributed by atoms with Crippen LogP contribution in [-0.2, 0) is 6.42 Å². The lowest BCUT2D eigenvalue weighted by atomic mass is 9.99. The Morgan fingerprint density at radius 2 is 1.86 bits per heavy atom. The first-order valence-corrected chi connectivity index (χ1v) is 7.71. The van der Waals surface area contributed by atoms with Crippen molar-refractivity contribution in [2.24, 2.45) is 11.7 Å². The fourth-order valence-corrected chi connectivity index (χ4v) is 2.79. The van der Waals surface area contributed by atoms with Crippen LogP contribution in [0.1, 0.15) is 23.9 Å². The van der Waals surface area contributed by atoms with Gasteiger partial charge in [-0.05, 0) is 72.4 Å². The zero-order chi connectivity index (χ0) is 15.6. The molecule has 0 radical (unpaired) electrons. The molecule has 3 nitrogen and oxygen atoms in total. The zero-order valence-electron chi connectivity index (χ0n) is 12.5. The molecule has 0 aliphatic rings. The van der Waals surface area contributed by atoms with Crippen LogP contribution in [0, 0.1) is 25.6 Å². The van der Waals surface area contributed by atoms with Crippen LogP contribution in [0.3, 0.4) is 0 Å². The van der Waals surface area contributed by atoms with Crippen LogP contribution >= 0.6 is 15.9 Å². The van der Waals surface area contributed by atoms with Gasteiger partial charge in [0.15, 0.2) is 5.82 Å². The number of hydrogen-bond donors (Lipinski definition) is 1. The zero-order valence-corrected chi connectivity index (χ0v) is 14.0. The molecule has 21 heavy (non-hydrogen) atoms. The number of nitrogens with two attached hydrogens (primary N) is 1. The molecular weight excluding hydrogens is 333 g/mol. The lowest BCUT2D eigenvalue weighted by Crippen LogP contribution is -2.15. The highest BCUT2D eigenvalue weighted by atomic mass is 79.9. The maximum Gasteiger partial charge on any atom is 0.160 e. The molecule has 1 atom stereocenters. The molecule has 0 aliphatic heterocycles. The lowest BCUT2D eigenvalue weighted by Gasteiger charge is -2.14. The van der Waals surface area contributed by atoms with Crippen molar-refractivity contribution in [1.29, 1.82) is 0 Å². The minimum absolute atomic E-state index is 0.285. The van der Waals surface area contributed by atoms with E-state index >= 15 is 0 Å². The Bertz CT molecular complexity index is 635.